The summed E-state index contributed by atoms with van der Waals surface area (Å²) in [5, 5.41) is 2.85. The van der Waals surface area contributed by atoms with Crippen molar-refractivity contribution < 1.29 is 13.2 Å². The first kappa shape index (κ1) is 16.0. The molecule has 2 rings (SSSR count). The molecule has 116 valence electrons. The van der Waals surface area contributed by atoms with Crippen LogP contribution in [0.1, 0.15) is 38.2 Å². The normalized spacial score (nSPS) is 22.8. The number of benzene rings is 1. The fourth-order valence-electron chi connectivity index (χ4n) is 2.69. The van der Waals surface area contributed by atoms with Gasteiger partial charge in [0.05, 0.1) is 4.90 Å². The third kappa shape index (κ3) is 4.28. The summed E-state index contributed by atoms with van der Waals surface area (Å²) in [4.78, 5) is 11.5. The standard InChI is InChI=1S/C15H22N2O3S/c1-11-7-9-13(10-8-11)21(19,20)17-15-6-4-3-5-14(15)16-12(2)18/h7-10,14-15,17H,3-6H2,1-2H3,(H,16,18). The number of hydrogen-bond acceptors (Lipinski definition) is 3. The molecule has 2 atom stereocenters. The lowest BCUT2D eigenvalue weighted by Crippen LogP contribution is -2.52. The van der Waals surface area contributed by atoms with Gasteiger partial charge in [0.1, 0.15) is 0 Å². The van der Waals surface area contributed by atoms with E-state index in [0.717, 1.165) is 31.2 Å². The summed E-state index contributed by atoms with van der Waals surface area (Å²) in [5.74, 6) is -0.124. The second-order valence-corrected chi connectivity index (χ2v) is 7.35. The monoisotopic (exact) mass is 310 g/mol. The molecule has 0 bridgehead atoms. The van der Waals surface area contributed by atoms with E-state index in [-0.39, 0.29) is 22.9 Å². The van der Waals surface area contributed by atoms with Gasteiger partial charge in [0, 0.05) is 19.0 Å². The maximum Gasteiger partial charge on any atom is 0.240 e. The van der Waals surface area contributed by atoms with E-state index in [4.69, 9.17) is 0 Å². The van der Waals surface area contributed by atoms with Crippen molar-refractivity contribution >= 4 is 15.9 Å². The van der Waals surface area contributed by atoms with Gasteiger partial charge in [-0.15, -0.1) is 0 Å². The van der Waals surface area contributed by atoms with Crippen LogP contribution in [-0.2, 0) is 14.8 Å². The Balaban J connectivity index is 2.13. The minimum absolute atomic E-state index is 0.124. The van der Waals surface area contributed by atoms with Crippen molar-refractivity contribution in [1.29, 1.82) is 0 Å². The summed E-state index contributed by atoms with van der Waals surface area (Å²) < 4.78 is 27.6. The number of carbonyl (C=O) groups excluding carboxylic acids is 1. The molecule has 1 fully saturated rings. The molecule has 0 heterocycles. The predicted molar refractivity (Wildman–Crippen MR) is 81.4 cm³/mol. The summed E-state index contributed by atoms with van der Waals surface area (Å²) in [7, 11) is -3.55. The molecule has 2 unspecified atom stereocenters. The summed E-state index contributed by atoms with van der Waals surface area (Å²) in [6, 6.07) is 6.40. The van der Waals surface area contributed by atoms with E-state index in [1.165, 1.54) is 6.92 Å². The minimum atomic E-state index is -3.55. The molecule has 0 aromatic heterocycles. The van der Waals surface area contributed by atoms with Gasteiger partial charge in [0.25, 0.3) is 0 Å². The van der Waals surface area contributed by atoms with E-state index in [9.17, 15) is 13.2 Å². The van der Waals surface area contributed by atoms with Gasteiger partial charge in [-0.05, 0) is 31.9 Å². The number of carbonyl (C=O) groups is 1. The maximum absolute atomic E-state index is 12.4. The van der Waals surface area contributed by atoms with Gasteiger partial charge in [-0.25, -0.2) is 13.1 Å². The van der Waals surface area contributed by atoms with Crippen molar-refractivity contribution in [1.82, 2.24) is 10.0 Å². The predicted octanol–water partition coefficient (Wildman–Crippen LogP) is 1.72. The van der Waals surface area contributed by atoms with Crippen LogP contribution in [0.2, 0.25) is 0 Å². The first-order valence-corrected chi connectivity index (χ1v) is 8.73. The van der Waals surface area contributed by atoms with Crippen LogP contribution in [0.3, 0.4) is 0 Å². The van der Waals surface area contributed by atoms with E-state index in [2.05, 4.69) is 10.0 Å². The summed E-state index contributed by atoms with van der Waals surface area (Å²) in [6.45, 7) is 3.37. The Morgan fingerprint density at radius 2 is 1.67 bits per heavy atom. The van der Waals surface area contributed by atoms with Crippen LogP contribution in [0, 0.1) is 6.92 Å². The lowest BCUT2D eigenvalue weighted by atomic mass is 9.91. The zero-order valence-corrected chi connectivity index (χ0v) is 13.2. The van der Waals surface area contributed by atoms with Gasteiger partial charge >= 0.3 is 0 Å². The fourth-order valence-corrected chi connectivity index (χ4v) is 4.00. The van der Waals surface area contributed by atoms with Crippen LogP contribution in [-0.4, -0.2) is 26.4 Å². The van der Waals surface area contributed by atoms with Crippen LogP contribution < -0.4 is 10.0 Å². The molecular weight excluding hydrogens is 288 g/mol. The largest absolute Gasteiger partial charge is 0.352 e. The Hall–Kier alpha value is -1.40. The average Bonchev–Trinajstić information content (AvgIpc) is 2.40. The topological polar surface area (TPSA) is 75.3 Å². The molecular formula is C15H22N2O3S. The molecule has 5 nitrogen and oxygen atoms in total. The number of hydrogen-bond donors (Lipinski definition) is 2. The van der Waals surface area contributed by atoms with Crippen molar-refractivity contribution in [2.45, 2.75) is 56.5 Å². The molecule has 0 spiro atoms. The highest BCUT2D eigenvalue weighted by atomic mass is 32.2. The Morgan fingerprint density at radius 3 is 2.24 bits per heavy atom. The van der Waals surface area contributed by atoms with Crippen molar-refractivity contribution in [3.05, 3.63) is 29.8 Å². The maximum atomic E-state index is 12.4. The van der Waals surface area contributed by atoms with Gasteiger partial charge in [0.2, 0.25) is 15.9 Å². The zero-order chi connectivity index (χ0) is 15.5. The van der Waals surface area contributed by atoms with Crippen LogP contribution >= 0.6 is 0 Å². The second kappa shape index (κ2) is 6.58. The van der Waals surface area contributed by atoms with E-state index >= 15 is 0 Å². The first-order valence-electron chi connectivity index (χ1n) is 7.24. The molecule has 0 radical (unpaired) electrons. The van der Waals surface area contributed by atoms with Gasteiger partial charge in [-0.2, -0.15) is 0 Å². The van der Waals surface area contributed by atoms with E-state index in [1.807, 2.05) is 6.92 Å². The Labute approximate surface area is 126 Å². The third-order valence-electron chi connectivity index (χ3n) is 3.79. The molecule has 1 aromatic carbocycles. The van der Waals surface area contributed by atoms with Crippen LogP contribution in [0.15, 0.2) is 29.2 Å². The lowest BCUT2D eigenvalue weighted by molar-refractivity contribution is -0.120. The third-order valence-corrected chi connectivity index (χ3v) is 5.30. The smallest absolute Gasteiger partial charge is 0.240 e. The van der Waals surface area contributed by atoms with E-state index in [1.54, 1.807) is 24.3 Å². The van der Waals surface area contributed by atoms with Crippen molar-refractivity contribution in [3.8, 4) is 0 Å². The Bertz CT molecular complexity index is 596. The number of sulfonamides is 1. The molecule has 6 heteroatoms. The highest BCUT2D eigenvalue weighted by molar-refractivity contribution is 7.89. The number of nitrogens with one attached hydrogen (secondary N) is 2. The second-order valence-electron chi connectivity index (χ2n) is 5.63. The highest BCUT2D eigenvalue weighted by Gasteiger charge is 2.29. The van der Waals surface area contributed by atoms with Gasteiger partial charge in [-0.3, -0.25) is 4.79 Å². The van der Waals surface area contributed by atoms with Crippen molar-refractivity contribution in [3.63, 3.8) is 0 Å². The highest BCUT2D eigenvalue weighted by Crippen LogP contribution is 2.21. The number of aryl methyl sites for hydroxylation is 1. The van der Waals surface area contributed by atoms with Gasteiger partial charge in [-0.1, -0.05) is 30.5 Å². The fraction of sp³-hybridized carbons (Fsp3) is 0.533. The molecule has 1 aromatic rings. The molecule has 1 amide bonds. The van der Waals surface area contributed by atoms with Gasteiger partial charge < -0.3 is 5.32 Å². The zero-order valence-electron chi connectivity index (χ0n) is 12.4. The van der Waals surface area contributed by atoms with Crippen molar-refractivity contribution in [2.75, 3.05) is 0 Å². The SMILES string of the molecule is CC(=O)NC1CCCCC1NS(=O)(=O)c1ccc(C)cc1. The van der Waals surface area contributed by atoms with E-state index in [0.29, 0.717) is 0 Å². The first-order chi connectivity index (χ1) is 9.88. The molecule has 1 aliphatic carbocycles. The molecule has 0 aliphatic heterocycles. The van der Waals surface area contributed by atoms with Gasteiger partial charge in [0.15, 0.2) is 0 Å². The van der Waals surface area contributed by atoms with Crippen LogP contribution in [0.25, 0.3) is 0 Å². The summed E-state index contributed by atoms with van der Waals surface area (Å²) in [5.41, 5.74) is 1.02. The van der Waals surface area contributed by atoms with Crippen LogP contribution in [0.5, 0.6) is 0 Å². The quantitative estimate of drug-likeness (QED) is 0.889. The summed E-state index contributed by atoms with van der Waals surface area (Å²) >= 11 is 0. The molecule has 2 N–H and O–H groups in total. The minimum Gasteiger partial charge on any atom is -0.352 e. The average molecular weight is 310 g/mol. The Morgan fingerprint density at radius 1 is 1.10 bits per heavy atom. The lowest BCUT2D eigenvalue weighted by Gasteiger charge is -2.32. The van der Waals surface area contributed by atoms with Crippen LogP contribution in [0.4, 0.5) is 0 Å². The molecule has 1 saturated carbocycles. The number of rotatable bonds is 4. The molecule has 1 aliphatic rings. The molecule has 0 saturated heterocycles. The summed E-state index contributed by atoms with van der Waals surface area (Å²) in [6.07, 6.45) is 3.53. The molecule has 21 heavy (non-hydrogen) atoms. The van der Waals surface area contributed by atoms with E-state index < -0.39 is 10.0 Å². The van der Waals surface area contributed by atoms with Crippen molar-refractivity contribution in [2.24, 2.45) is 0 Å². The Kier molecular flexibility index (Phi) is 5.00. The number of amides is 1.